The van der Waals surface area contributed by atoms with Crippen LogP contribution in [0, 0.1) is 25.7 Å². The standard InChI is InChI=1S/C27H41N5O4S/c1-5-20-6-8-21(9-7-20)24-29-25(33)27(30-24)11-13-32(14-12-27)37(35,36)15-10-23-18(2)16-22(17-19(23)3)31(4)26(28)34/h16-17,20-21H,5-15H2,1-4H3,(H2,28,34)(H,29,30,33). The second-order valence-electron chi connectivity index (χ2n) is 11.0. The van der Waals surface area contributed by atoms with Gasteiger partial charge in [0.05, 0.1) is 5.75 Å². The van der Waals surface area contributed by atoms with E-state index in [1.165, 1.54) is 28.5 Å². The molecule has 0 bridgehead atoms. The highest BCUT2D eigenvalue weighted by molar-refractivity contribution is 7.89. The average Bonchev–Trinajstić information content (AvgIpc) is 3.18. The van der Waals surface area contributed by atoms with Gasteiger partial charge in [-0.25, -0.2) is 17.5 Å². The maximum Gasteiger partial charge on any atom is 0.318 e. The number of benzene rings is 1. The molecule has 0 aromatic heterocycles. The SMILES string of the molecule is CCC1CCC(C2=NC3(CCN(S(=O)(=O)CCc4c(C)cc(N(C)C(N)=O)cc4C)CC3)C(=O)N2)CC1. The number of piperidine rings is 1. The zero-order valence-electron chi connectivity index (χ0n) is 22.5. The monoisotopic (exact) mass is 531 g/mol. The number of primary amides is 1. The van der Waals surface area contributed by atoms with Gasteiger partial charge in [0.15, 0.2) is 0 Å². The number of carbonyl (C=O) groups excluding carboxylic acids is 2. The Bertz CT molecular complexity index is 1160. The van der Waals surface area contributed by atoms with Crippen molar-refractivity contribution >= 4 is 33.5 Å². The van der Waals surface area contributed by atoms with Gasteiger partial charge in [0.2, 0.25) is 10.0 Å². The van der Waals surface area contributed by atoms with Crippen LogP contribution in [-0.4, -0.2) is 61.9 Å². The van der Waals surface area contributed by atoms with Crippen LogP contribution in [0.4, 0.5) is 10.5 Å². The molecule has 3 aliphatic rings. The highest BCUT2D eigenvalue weighted by atomic mass is 32.2. The first kappa shape index (κ1) is 27.6. The van der Waals surface area contributed by atoms with Crippen LogP contribution in [0.3, 0.4) is 0 Å². The number of sulfonamides is 1. The summed E-state index contributed by atoms with van der Waals surface area (Å²) in [6, 6.07) is 3.16. The summed E-state index contributed by atoms with van der Waals surface area (Å²) in [5, 5.41) is 3.06. The number of amides is 3. The van der Waals surface area contributed by atoms with Crippen LogP contribution in [0.25, 0.3) is 0 Å². The Hall–Kier alpha value is -2.46. The Morgan fingerprint density at radius 1 is 1.16 bits per heavy atom. The molecule has 3 N–H and O–H groups in total. The number of amidine groups is 1. The van der Waals surface area contributed by atoms with Gasteiger partial charge in [-0.1, -0.05) is 13.3 Å². The van der Waals surface area contributed by atoms with Crippen LogP contribution in [0.5, 0.6) is 0 Å². The molecule has 0 unspecified atom stereocenters. The molecule has 1 aromatic carbocycles. The van der Waals surface area contributed by atoms with E-state index in [1.54, 1.807) is 7.05 Å². The van der Waals surface area contributed by atoms with Crippen molar-refractivity contribution in [2.45, 2.75) is 77.7 Å². The van der Waals surface area contributed by atoms with E-state index < -0.39 is 21.6 Å². The first-order valence-electron chi connectivity index (χ1n) is 13.5. The van der Waals surface area contributed by atoms with Crippen molar-refractivity contribution in [1.29, 1.82) is 0 Å². The molecule has 1 aromatic rings. The molecule has 0 radical (unpaired) electrons. The lowest BCUT2D eigenvalue weighted by Crippen LogP contribution is -2.51. The molecule has 204 valence electrons. The highest BCUT2D eigenvalue weighted by Gasteiger charge is 2.48. The molecule has 10 heteroatoms. The number of nitrogens with zero attached hydrogens (tertiary/aromatic N) is 3. The zero-order chi connectivity index (χ0) is 27.0. The van der Waals surface area contributed by atoms with Crippen molar-refractivity contribution in [1.82, 2.24) is 9.62 Å². The molecule has 3 amide bonds. The summed E-state index contributed by atoms with van der Waals surface area (Å²) in [6.07, 6.45) is 6.90. The smallest absolute Gasteiger partial charge is 0.318 e. The Morgan fingerprint density at radius 3 is 2.30 bits per heavy atom. The third-order valence-electron chi connectivity index (χ3n) is 8.76. The maximum absolute atomic E-state index is 13.2. The van der Waals surface area contributed by atoms with Crippen molar-refractivity contribution < 1.29 is 18.0 Å². The second kappa shape index (κ2) is 10.7. The number of nitrogens with one attached hydrogen (secondary N) is 1. The number of carbonyl (C=O) groups is 2. The summed E-state index contributed by atoms with van der Waals surface area (Å²) in [5.41, 5.74) is 8.05. The fraction of sp³-hybridized carbons (Fsp3) is 0.667. The minimum absolute atomic E-state index is 0.00588. The predicted octanol–water partition coefficient (Wildman–Crippen LogP) is 3.27. The van der Waals surface area contributed by atoms with Crippen LogP contribution < -0.4 is 16.0 Å². The van der Waals surface area contributed by atoms with Gasteiger partial charge in [0, 0.05) is 31.7 Å². The summed E-state index contributed by atoms with van der Waals surface area (Å²) in [7, 11) is -1.88. The van der Waals surface area contributed by atoms with Crippen LogP contribution in [0.15, 0.2) is 17.1 Å². The van der Waals surface area contributed by atoms with E-state index in [-0.39, 0.29) is 11.7 Å². The molecule has 2 aliphatic heterocycles. The van der Waals surface area contributed by atoms with E-state index in [9.17, 15) is 18.0 Å². The maximum atomic E-state index is 13.2. The minimum atomic E-state index is -3.49. The van der Waals surface area contributed by atoms with E-state index in [1.807, 2.05) is 26.0 Å². The second-order valence-corrected chi connectivity index (χ2v) is 13.1. The van der Waals surface area contributed by atoms with Crippen molar-refractivity contribution in [3.05, 3.63) is 28.8 Å². The molecule has 37 heavy (non-hydrogen) atoms. The zero-order valence-corrected chi connectivity index (χ0v) is 23.4. The van der Waals surface area contributed by atoms with E-state index in [2.05, 4.69) is 12.2 Å². The quantitative estimate of drug-likeness (QED) is 0.560. The van der Waals surface area contributed by atoms with Crippen molar-refractivity contribution in [2.75, 3.05) is 30.8 Å². The molecule has 1 spiro atoms. The van der Waals surface area contributed by atoms with Gasteiger partial charge < -0.3 is 11.1 Å². The normalized spacial score (nSPS) is 24.1. The largest absolute Gasteiger partial charge is 0.351 e. The number of aliphatic imine (C=N–C) groups is 1. The number of hydrogen-bond donors (Lipinski definition) is 2. The van der Waals surface area contributed by atoms with Crippen LogP contribution in [0.1, 0.15) is 68.6 Å². The summed E-state index contributed by atoms with van der Waals surface area (Å²) < 4.78 is 28.0. The first-order valence-corrected chi connectivity index (χ1v) is 15.1. The summed E-state index contributed by atoms with van der Waals surface area (Å²) in [4.78, 5) is 30.7. The van der Waals surface area contributed by atoms with Crippen molar-refractivity contribution in [2.24, 2.45) is 22.6 Å². The van der Waals surface area contributed by atoms with Crippen LogP contribution in [0.2, 0.25) is 0 Å². The van der Waals surface area contributed by atoms with E-state index >= 15 is 0 Å². The molecule has 1 saturated heterocycles. The number of urea groups is 1. The van der Waals surface area contributed by atoms with Gasteiger partial charge in [-0.3, -0.25) is 14.7 Å². The Balaban J connectivity index is 1.37. The van der Waals surface area contributed by atoms with Crippen LogP contribution in [-0.2, 0) is 21.2 Å². The Kier molecular flexibility index (Phi) is 7.99. The van der Waals surface area contributed by atoms with Gasteiger partial charge in [0.1, 0.15) is 11.4 Å². The minimum Gasteiger partial charge on any atom is -0.351 e. The van der Waals surface area contributed by atoms with E-state index in [0.717, 1.165) is 41.3 Å². The lowest BCUT2D eigenvalue weighted by atomic mass is 9.80. The Labute approximate surface area is 220 Å². The van der Waals surface area contributed by atoms with Crippen LogP contribution >= 0.6 is 0 Å². The van der Waals surface area contributed by atoms with Crippen molar-refractivity contribution in [3.8, 4) is 0 Å². The lowest BCUT2D eigenvalue weighted by molar-refractivity contribution is -0.125. The molecule has 2 heterocycles. The third kappa shape index (κ3) is 5.70. The molecule has 1 aliphatic carbocycles. The fourth-order valence-electron chi connectivity index (χ4n) is 6.10. The number of aryl methyl sites for hydroxylation is 2. The molecule has 4 rings (SSSR count). The number of nitrogens with two attached hydrogens (primary N) is 1. The summed E-state index contributed by atoms with van der Waals surface area (Å²) >= 11 is 0. The first-order chi connectivity index (χ1) is 17.5. The molecule has 0 atom stereocenters. The number of anilines is 1. The number of hydrogen-bond acceptors (Lipinski definition) is 5. The predicted molar refractivity (Wildman–Crippen MR) is 146 cm³/mol. The van der Waals surface area contributed by atoms with Gasteiger partial charge in [0.25, 0.3) is 5.91 Å². The summed E-state index contributed by atoms with van der Waals surface area (Å²) in [6.45, 7) is 6.67. The molecule has 1 saturated carbocycles. The lowest BCUT2D eigenvalue weighted by Gasteiger charge is -2.34. The third-order valence-corrected chi connectivity index (χ3v) is 10.6. The van der Waals surface area contributed by atoms with Crippen molar-refractivity contribution in [3.63, 3.8) is 0 Å². The fourth-order valence-corrected chi connectivity index (χ4v) is 7.56. The number of rotatable bonds is 7. The molecule has 9 nitrogen and oxygen atoms in total. The van der Waals surface area contributed by atoms with Gasteiger partial charge in [-0.05, 0) is 93.5 Å². The highest BCUT2D eigenvalue weighted by Crippen LogP contribution is 2.36. The Morgan fingerprint density at radius 2 is 1.76 bits per heavy atom. The van der Waals surface area contributed by atoms with E-state index in [0.29, 0.717) is 44.0 Å². The van der Waals surface area contributed by atoms with Gasteiger partial charge in [-0.15, -0.1) is 0 Å². The molecular formula is C27H41N5O4S. The van der Waals surface area contributed by atoms with Gasteiger partial charge >= 0.3 is 6.03 Å². The summed E-state index contributed by atoms with van der Waals surface area (Å²) in [5.74, 6) is 1.84. The molecular weight excluding hydrogens is 490 g/mol. The van der Waals surface area contributed by atoms with Gasteiger partial charge in [-0.2, -0.15) is 0 Å². The van der Waals surface area contributed by atoms with E-state index in [4.69, 9.17) is 10.7 Å². The average molecular weight is 532 g/mol. The molecule has 2 fully saturated rings. The topological polar surface area (TPSA) is 125 Å².